The van der Waals surface area contributed by atoms with E-state index in [1.807, 2.05) is 0 Å². The van der Waals surface area contributed by atoms with E-state index >= 15 is 0 Å². The zero-order chi connectivity index (χ0) is 30.1. The third-order valence-corrected chi connectivity index (χ3v) is 10.0. The summed E-state index contributed by atoms with van der Waals surface area (Å²) in [7, 11) is 0. The molecule has 0 radical (unpaired) electrons. The van der Waals surface area contributed by atoms with Gasteiger partial charge in [0.05, 0.1) is 0 Å². The highest BCUT2D eigenvalue weighted by molar-refractivity contribution is 6.23. The average Bonchev–Trinajstić information content (AvgIpc) is 3.32. The standard InChI is InChI=1S/C45H32/c1-45(2)40-26-14-25-38(44(40)39-27-30-17-6-7-18-31(30)28-41(39)45)43-36-23-12-10-21-34(36)42(35-22-11-13-24-37(35)43)33-20-9-8-19-32(33)29-15-4-3-5-16-29/h3-28H,1-2H3. The molecule has 0 aromatic heterocycles. The Kier molecular flexibility index (Phi) is 5.64. The Balaban J connectivity index is 1.41. The molecule has 0 unspecified atom stereocenters. The monoisotopic (exact) mass is 572 g/mol. The highest BCUT2D eigenvalue weighted by Crippen LogP contribution is 2.55. The molecule has 0 atom stereocenters. The van der Waals surface area contributed by atoms with Crippen LogP contribution in [0.4, 0.5) is 0 Å². The van der Waals surface area contributed by atoms with E-state index in [1.54, 1.807) is 0 Å². The first-order chi connectivity index (χ1) is 22.1. The van der Waals surface area contributed by atoms with Gasteiger partial charge in [-0.2, -0.15) is 0 Å². The lowest BCUT2D eigenvalue weighted by molar-refractivity contribution is 0.661. The molecule has 0 aliphatic heterocycles. The fraction of sp³-hybridized carbons (Fsp3) is 0.0667. The van der Waals surface area contributed by atoms with Crippen molar-refractivity contribution in [3.05, 3.63) is 169 Å². The largest absolute Gasteiger partial charge is 0.0622 e. The van der Waals surface area contributed by atoms with E-state index in [9.17, 15) is 0 Å². The molecular weight excluding hydrogens is 540 g/mol. The van der Waals surface area contributed by atoms with E-state index in [0.29, 0.717) is 0 Å². The third-order valence-electron chi connectivity index (χ3n) is 10.0. The van der Waals surface area contributed by atoms with Gasteiger partial charge in [-0.15, -0.1) is 0 Å². The van der Waals surface area contributed by atoms with Gasteiger partial charge in [-0.25, -0.2) is 0 Å². The smallest absolute Gasteiger partial charge is 0.0159 e. The Hall–Kier alpha value is -5.46. The summed E-state index contributed by atoms with van der Waals surface area (Å²) in [6.45, 7) is 4.77. The minimum Gasteiger partial charge on any atom is -0.0622 e. The Bertz CT molecular complexity index is 2390. The van der Waals surface area contributed by atoms with Crippen molar-refractivity contribution in [2.75, 3.05) is 0 Å². The van der Waals surface area contributed by atoms with Crippen LogP contribution >= 0.6 is 0 Å². The summed E-state index contributed by atoms with van der Waals surface area (Å²) < 4.78 is 0. The van der Waals surface area contributed by atoms with Gasteiger partial charge in [-0.3, -0.25) is 0 Å². The zero-order valence-corrected chi connectivity index (χ0v) is 25.5. The van der Waals surface area contributed by atoms with E-state index in [0.717, 1.165) is 0 Å². The van der Waals surface area contributed by atoms with Crippen molar-refractivity contribution in [2.45, 2.75) is 19.3 Å². The summed E-state index contributed by atoms with van der Waals surface area (Å²) in [4.78, 5) is 0. The summed E-state index contributed by atoms with van der Waals surface area (Å²) >= 11 is 0. The fourth-order valence-corrected chi connectivity index (χ4v) is 7.96. The lowest BCUT2D eigenvalue weighted by Gasteiger charge is -2.23. The zero-order valence-electron chi connectivity index (χ0n) is 25.5. The molecule has 0 heteroatoms. The first-order valence-electron chi connectivity index (χ1n) is 15.9. The third kappa shape index (κ3) is 3.79. The van der Waals surface area contributed by atoms with E-state index < -0.39 is 0 Å². The molecule has 0 nitrogen and oxygen atoms in total. The molecule has 0 bridgehead atoms. The molecule has 0 N–H and O–H groups in total. The highest BCUT2D eigenvalue weighted by atomic mass is 14.4. The quantitative estimate of drug-likeness (QED) is 0.185. The predicted octanol–water partition coefficient (Wildman–Crippen LogP) is 12.5. The van der Waals surface area contributed by atoms with Crippen LogP contribution in [0.5, 0.6) is 0 Å². The Morgan fingerprint density at radius 2 is 0.822 bits per heavy atom. The van der Waals surface area contributed by atoms with Crippen LogP contribution < -0.4 is 0 Å². The van der Waals surface area contributed by atoms with Crippen molar-refractivity contribution in [1.29, 1.82) is 0 Å². The molecule has 8 aromatic rings. The lowest BCUT2D eigenvalue weighted by Crippen LogP contribution is -2.14. The molecule has 8 aromatic carbocycles. The number of benzene rings is 8. The molecule has 0 saturated carbocycles. The molecule has 0 spiro atoms. The molecule has 0 saturated heterocycles. The van der Waals surface area contributed by atoms with Gasteiger partial charge in [0.25, 0.3) is 0 Å². The molecule has 0 amide bonds. The summed E-state index contributed by atoms with van der Waals surface area (Å²) in [5, 5.41) is 7.73. The Morgan fingerprint density at radius 3 is 1.47 bits per heavy atom. The van der Waals surface area contributed by atoms with Gasteiger partial charge in [-0.1, -0.05) is 159 Å². The van der Waals surface area contributed by atoms with Crippen LogP contribution in [-0.2, 0) is 5.41 Å². The van der Waals surface area contributed by atoms with Gasteiger partial charge >= 0.3 is 0 Å². The van der Waals surface area contributed by atoms with Crippen molar-refractivity contribution in [2.24, 2.45) is 0 Å². The van der Waals surface area contributed by atoms with E-state index in [2.05, 4.69) is 172 Å². The topological polar surface area (TPSA) is 0 Å². The van der Waals surface area contributed by atoms with Crippen LogP contribution in [0.2, 0.25) is 0 Å². The van der Waals surface area contributed by atoms with E-state index in [4.69, 9.17) is 0 Å². The maximum absolute atomic E-state index is 2.43. The lowest BCUT2D eigenvalue weighted by atomic mass is 9.80. The van der Waals surface area contributed by atoms with Crippen LogP contribution in [0, 0.1) is 0 Å². The summed E-state index contributed by atoms with van der Waals surface area (Å²) in [5.74, 6) is 0. The van der Waals surface area contributed by atoms with Crippen molar-refractivity contribution < 1.29 is 0 Å². The molecule has 0 fully saturated rings. The minimum absolute atomic E-state index is 0.0924. The second-order valence-corrected chi connectivity index (χ2v) is 12.9. The first kappa shape index (κ1) is 26.0. The predicted molar refractivity (Wildman–Crippen MR) is 193 cm³/mol. The van der Waals surface area contributed by atoms with Crippen LogP contribution in [0.1, 0.15) is 25.0 Å². The van der Waals surface area contributed by atoms with Crippen LogP contribution in [0.25, 0.3) is 76.8 Å². The number of hydrogen-bond acceptors (Lipinski definition) is 0. The molecule has 45 heavy (non-hydrogen) atoms. The summed E-state index contributed by atoms with van der Waals surface area (Å²) in [6.07, 6.45) is 0. The van der Waals surface area contributed by atoms with Crippen molar-refractivity contribution >= 4 is 32.3 Å². The van der Waals surface area contributed by atoms with E-state index in [1.165, 1.54) is 88.0 Å². The van der Waals surface area contributed by atoms with Gasteiger partial charge in [0.15, 0.2) is 0 Å². The molecule has 1 aliphatic rings. The number of rotatable bonds is 3. The van der Waals surface area contributed by atoms with E-state index in [-0.39, 0.29) is 5.41 Å². The first-order valence-corrected chi connectivity index (χ1v) is 15.9. The minimum atomic E-state index is -0.0924. The molecule has 0 heterocycles. The van der Waals surface area contributed by atoms with Gasteiger partial charge in [0, 0.05) is 5.41 Å². The van der Waals surface area contributed by atoms with Gasteiger partial charge < -0.3 is 0 Å². The second kappa shape index (κ2) is 9.78. The SMILES string of the molecule is CC1(C)c2cc3ccccc3cc2-c2c(-c3c4ccccc4c(-c4ccccc4-c4ccccc4)c4ccccc34)cccc21. The maximum Gasteiger partial charge on any atom is 0.0159 e. The van der Waals surface area contributed by atoms with Crippen molar-refractivity contribution in [1.82, 2.24) is 0 Å². The number of hydrogen-bond donors (Lipinski definition) is 0. The number of fused-ring (bicyclic) bond motifs is 6. The van der Waals surface area contributed by atoms with Crippen LogP contribution in [0.15, 0.2) is 158 Å². The Morgan fingerprint density at radius 1 is 0.333 bits per heavy atom. The molecule has 212 valence electrons. The maximum atomic E-state index is 2.43. The highest BCUT2D eigenvalue weighted by Gasteiger charge is 2.37. The Labute approximate surface area is 264 Å². The van der Waals surface area contributed by atoms with Crippen molar-refractivity contribution in [3.8, 4) is 44.5 Å². The second-order valence-electron chi connectivity index (χ2n) is 12.9. The molecule has 9 rings (SSSR count). The van der Waals surface area contributed by atoms with Crippen molar-refractivity contribution in [3.63, 3.8) is 0 Å². The fourth-order valence-electron chi connectivity index (χ4n) is 7.96. The van der Waals surface area contributed by atoms with Gasteiger partial charge in [0.1, 0.15) is 0 Å². The van der Waals surface area contributed by atoms with Crippen LogP contribution in [-0.4, -0.2) is 0 Å². The normalized spacial score (nSPS) is 13.3. The molecule has 1 aliphatic carbocycles. The van der Waals surface area contributed by atoms with Gasteiger partial charge in [-0.05, 0) is 100 Å². The summed E-state index contributed by atoms with van der Waals surface area (Å²) in [6, 6.07) is 58.3. The molecular formula is C45H32. The van der Waals surface area contributed by atoms with Crippen LogP contribution in [0.3, 0.4) is 0 Å². The average molecular weight is 573 g/mol. The van der Waals surface area contributed by atoms with Gasteiger partial charge in [0.2, 0.25) is 0 Å². The summed E-state index contributed by atoms with van der Waals surface area (Å²) in [5.41, 5.74) is 13.1.